The van der Waals surface area contributed by atoms with Gasteiger partial charge in [0.25, 0.3) is 0 Å². The van der Waals surface area contributed by atoms with Gasteiger partial charge < -0.3 is 9.47 Å². The van der Waals surface area contributed by atoms with Crippen molar-refractivity contribution in [2.75, 3.05) is 19.8 Å². The summed E-state index contributed by atoms with van der Waals surface area (Å²) in [5.41, 5.74) is 1.57. The van der Waals surface area contributed by atoms with Gasteiger partial charge in [0, 0.05) is 11.7 Å². The van der Waals surface area contributed by atoms with E-state index in [0.717, 1.165) is 11.3 Å². The average Bonchev–Trinajstić information content (AvgIpc) is 2.54. The van der Waals surface area contributed by atoms with Gasteiger partial charge in [-0.1, -0.05) is 17.7 Å². The maximum Gasteiger partial charge on any atom is 0.156 e. The molecule has 0 spiro atoms. The molecule has 0 aliphatic carbocycles. The zero-order valence-corrected chi connectivity index (χ0v) is 15.0. The highest BCUT2D eigenvalue weighted by atomic mass is 35.5. The van der Waals surface area contributed by atoms with Crippen molar-refractivity contribution in [3.63, 3.8) is 0 Å². The molecule has 1 aliphatic heterocycles. The lowest BCUT2D eigenvalue weighted by Gasteiger charge is -2.34. The van der Waals surface area contributed by atoms with Gasteiger partial charge >= 0.3 is 0 Å². The molecule has 0 unspecified atom stereocenters. The summed E-state index contributed by atoms with van der Waals surface area (Å²) >= 11 is 6.30. The second-order valence-electron chi connectivity index (χ2n) is 6.43. The first-order valence-electron chi connectivity index (χ1n) is 7.80. The molecule has 24 heavy (non-hydrogen) atoms. The fourth-order valence-electron chi connectivity index (χ4n) is 1.99. The Hall–Kier alpha value is -1.66. The van der Waals surface area contributed by atoms with Gasteiger partial charge in [-0.2, -0.15) is 5.10 Å². The molecular weight excluding hydrogens is 333 g/mol. The van der Waals surface area contributed by atoms with Crippen LogP contribution in [-0.2, 0) is 22.7 Å². The minimum absolute atomic E-state index is 0.0935. The van der Waals surface area contributed by atoms with Gasteiger partial charge in [-0.25, -0.2) is 4.39 Å². The molecule has 2 heterocycles. The predicted molar refractivity (Wildman–Crippen MR) is 92.5 cm³/mol. The third kappa shape index (κ3) is 5.46. The van der Waals surface area contributed by atoms with Crippen molar-refractivity contribution in [2.24, 2.45) is 5.10 Å². The number of aromatic nitrogens is 1. The summed E-state index contributed by atoms with van der Waals surface area (Å²) < 4.78 is 22.8. The predicted octanol–water partition coefficient (Wildman–Crippen LogP) is 3.63. The van der Waals surface area contributed by atoms with Crippen LogP contribution in [0.15, 0.2) is 34.2 Å². The van der Waals surface area contributed by atoms with E-state index in [-0.39, 0.29) is 12.1 Å². The number of hydrogen-bond acceptors (Lipinski definition) is 5. The summed E-state index contributed by atoms with van der Waals surface area (Å²) in [5, 5.41) is 6.91. The zero-order chi connectivity index (χ0) is 17.6. The van der Waals surface area contributed by atoms with E-state index < -0.39 is 6.67 Å². The lowest BCUT2D eigenvalue weighted by atomic mass is 10.1. The molecule has 0 saturated heterocycles. The Morgan fingerprint density at radius 2 is 2.08 bits per heavy atom. The number of hydrogen-bond donors (Lipinski definition) is 0. The molecule has 2 rings (SSSR count). The summed E-state index contributed by atoms with van der Waals surface area (Å²) in [6, 6.07) is 3.74. The Morgan fingerprint density at radius 1 is 1.29 bits per heavy atom. The van der Waals surface area contributed by atoms with Crippen LogP contribution in [0, 0.1) is 0 Å². The van der Waals surface area contributed by atoms with Crippen molar-refractivity contribution < 1.29 is 13.9 Å². The fourth-order valence-corrected chi connectivity index (χ4v) is 2.21. The van der Waals surface area contributed by atoms with Crippen LogP contribution in [0.25, 0.3) is 0 Å². The van der Waals surface area contributed by atoms with Gasteiger partial charge in [-0.15, -0.1) is 0 Å². The Balaban J connectivity index is 1.86. The van der Waals surface area contributed by atoms with Crippen LogP contribution in [0.5, 0.6) is 0 Å². The van der Waals surface area contributed by atoms with Gasteiger partial charge in [0.05, 0.1) is 36.7 Å². The molecule has 1 aromatic heterocycles. The SMILES string of the molecule is CC(C)(C)N1CC(Cl)=C(OCc2ccc(COCCF)cn2)C=N1. The largest absolute Gasteiger partial charge is 0.484 e. The third-order valence-corrected chi connectivity index (χ3v) is 3.70. The second-order valence-corrected chi connectivity index (χ2v) is 6.89. The summed E-state index contributed by atoms with van der Waals surface area (Å²) in [6.07, 6.45) is 3.33. The Kier molecular flexibility index (Phi) is 6.57. The molecule has 0 saturated carbocycles. The van der Waals surface area contributed by atoms with Crippen LogP contribution >= 0.6 is 11.6 Å². The summed E-state index contributed by atoms with van der Waals surface area (Å²) in [4.78, 5) is 4.30. The van der Waals surface area contributed by atoms with Crippen molar-refractivity contribution in [2.45, 2.75) is 39.5 Å². The van der Waals surface area contributed by atoms with Crippen molar-refractivity contribution in [1.82, 2.24) is 9.99 Å². The molecule has 1 aromatic rings. The molecule has 5 nitrogen and oxygen atoms in total. The molecule has 7 heteroatoms. The number of ether oxygens (including phenoxy) is 2. The van der Waals surface area contributed by atoms with E-state index in [1.807, 2.05) is 17.1 Å². The van der Waals surface area contributed by atoms with Crippen molar-refractivity contribution in [3.8, 4) is 0 Å². The van der Waals surface area contributed by atoms with Crippen LogP contribution < -0.4 is 0 Å². The fraction of sp³-hybridized carbons (Fsp3) is 0.529. The van der Waals surface area contributed by atoms with E-state index in [4.69, 9.17) is 21.1 Å². The summed E-state index contributed by atoms with van der Waals surface area (Å²) in [5.74, 6) is 0.564. The molecule has 0 fully saturated rings. The molecule has 0 amide bonds. The molecule has 0 radical (unpaired) electrons. The number of alkyl halides is 1. The number of rotatable bonds is 7. The molecule has 0 bridgehead atoms. The van der Waals surface area contributed by atoms with Crippen LogP contribution in [0.4, 0.5) is 4.39 Å². The highest BCUT2D eigenvalue weighted by Gasteiger charge is 2.24. The van der Waals surface area contributed by atoms with Gasteiger partial charge in [0.2, 0.25) is 0 Å². The van der Waals surface area contributed by atoms with E-state index in [0.29, 0.717) is 30.5 Å². The topological polar surface area (TPSA) is 47.0 Å². The molecule has 132 valence electrons. The molecule has 0 atom stereocenters. The van der Waals surface area contributed by atoms with Crippen molar-refractivity contribution >= 4 is 17.8 Å². The highest BCUT2D eigenvalue weighted by molar-refractivity contribution is 6.31. The van der Waals surface area contributed by atoms with E-state index in [9.17, 15) is 4.39 Å². The van der Waals surface area contributed by atoms with Gasteiger partial charge in [-0.05, 0) is 32.4 Å². The van der Waals surface area contributed by atoms with Crippen molar-refractivity contribution in [1.29, 1.82) is 0 Å². The summed E-state index contributed by atoms with van der Waals surface area (Å²) in [7, 11) is 0. The van der Waals surface area contributed by atoms with Gasteiger partial charge in [0.1, 0.15) is 13.3 Å². The maximum atomic E-state index is 12.0. The van der Waals surface area contributed by atoms with E-state index in [1.54, 1.807) is 12.4 Å². The van der Waals surface area contributed by atoms with Crippen LogP contribution in [0.2, 0.25) is 0 Å². The maximum absolute atomic E-state index is 12.0. The van der Waals surface area contributed by atoms with E-state index in [2.05, 4.69) is 30.9 Å². The Morgan fingerprint density at radius 3 is 2.67 bits per heavy atom. The summed E-state index contributed by atoms with van der Waals surface area (Å²) in [6.45, 7) is 7.01. The van der Waals surface area contributed by atoms with Crippen LogP contribution in [0.1, 0.15) is 32.0 Å². The minimum atomic E-state index is -0.483. The lowest BCUT2D eigenvalue weighted by molar-refractivity contribution is 0.106. The quantitative estimate of drug-likeness (QED) is 0.701. The lowest BCUT2D eigenvalue weighted by Crippen LogP contribution is -2.40. The first kappa shape index (κ1) is 18.7. The number of allylic oxidation sites excluding steroid dienone is 1. The smallest absolute Gasteiger partial charge is 0.156 e. The standard InChI is InChI=1S/C17H23ClFN3O2/c1-17(2,3)22-10-15(18)16(9-21-22)24-12-14-5-4-13(8-20-14)11-23-7-6-19/h4-5,8-9H,6-7,10-12H2,1-3H3. The first-order chi connectivity index (χ1) is 11.4. The monoisotopic (exact) mass is 355 g/mol. The third-order valence-electron chi connectivity index (χ3n) is 3.40. The normalized spacial score (nSPS) is 15.1. The van der Waals surface area contributed by atoms with Gasteiger partial charge in [-0.3, -0.25) is 9.99 Å². The Bertz CT molecular complexity index is 597. The molecular formula is C17H23ClFN3O2. The molecule has 0 N–H and O–H groups in total. The zero-order valence-electron chi connectivity index (χ0n) is 14.3. The molecule has 1 aliphatic rings. The second kappa shape index (κ2) is 8.44. The van der Waals surface area contributed by atoms with Gasteiger partial charge in [0.15, 0.2) is 5.76 Å². The molecule has 0 aromatic carbocycles. The van der Waals surface area contributed by atoms with Crippen molar-refractivity contribution in [3.05, 3.63) is 40.4 Å². The number of nitrogens with zero attached hydrogens (tertiary/aromatic N) is 3. The highest BCUT2D eigenvalue weighted by Crippen LogP contribution is 2.23. The van der Waals surface area contributed by atoms with E-state index in [1.165, 1.54) is 0 Å². The number of halogens is 2. The van der Waals surface area contributed by atoms with Crippen LogP contribution in [-0.4, -0.2) is 41.6 Å². The van der Waals surface area contributed by atoms with Crippen LogP contribution in [0.3, 0.4) is 0 Å². The number of pyridine rings is 1. The first-order valence-corrected chi connectivity index (χ1v) is 8.18. The average molecular weight is 356 g/mol. The van der Waals surface area contributed by atoms with E-state index >= 15 is 0 Å². The minimum Gasteiger partial charge on any atom is -0.484 e. The Labute approximate surface area is 147 Å². The number of hydrazone groups is 1.